The third-order valence-corrected chi connectivity index (χ3v) is 4.60. The summed E-state index contributed by atoms with van der Waals surface area (Å²) in [6.45, 7) is 3.53. The number of allylic oxidation sites excluding steroid dienone is 1. The molecule has 2 nitrogen and oxygen atoms in total. The molecule has 2 heteroatoms. The van der Waals surface area contributed by atoms with E-state index in [1.54, 1.807) is 0 Å². The van der Waals surface area contributed by atoms with E-state index in [-0.39, 0.29) is 0 Å². The number of hydrogen-bond donors (Lipinski definition) is 0. The molecule has 21 heavy (non-hydrogen) atoms. The molecular weight excluding hydrogens is 256 g/mol. The van der Waals surface area contributed by atoms with E-state index in [9.17, 15) is 0 Å². The molecule has 0 unspecified atom stereocenters. The van der Waals surface area contributed by atoms with Crippen LogP contribution in [-0.4, -0.2) is 13.1 Å². The van der Waals surface area contributed by atoms with Crippen LogP contribution < -0.4 is 9.47 Å². The van der Waals surface area contributed by atoms with E-state index in [1.807, 2.05) is 0 Å². The summed E-state index contributed by atoms with van der Waals surface area (Å²) in [5.41, 5.74) is 5.49. The Morgan fingerprint density at radius 1 is 0.952 bits per heavy atom. The number of hydrogen-bond acceptors (Lipinski definition) is 1. The van der Waals surface area contributed by atoms with Crippen molar-refractivity contribution in [3.05, 3.63) is 59.9 Å². The number of aromatic nitrogens is 1. The molecule has 2 aliphatic heterocycles. The highest BCUT2D eigenvalue weighted by atomic mass is 15.1. The molecule has 2 aromatic rings. The van der Waals surface area contributed by atoms with Crippen molar-refractivity contribution in [1.29, 1.82) is 0 Å². The van der Waals surface area contributed by atoms with Gasteiger partial charge in [-0.2, -0.15) is 4.57 Å². The molecule has 0 amide bonds. The third-order valence-electron chi connectivity index (χ3n) is 4.60. The molecule has 0 aliphatic carbocycles. The van der Waals surface area contributed by atoms with Gasteiger partial charge in [0.05, 0.1) is 0 Å². The van der Waals surface area contributed by atoms with Crippen molar-refractivity contribution >= 4 is 17.3 Å². The summed E-state index contributed by atoms with van der Waals surface area (Å²) in [6.07, 6.45) is 8.32. The van der Waals surface area contributed by atoms with Crippen molar-refractivity contribution in [3.8, 4) is 0 Å². The zero-order valence-corrected chi connectivity index (χ0v) is 12.3. The summed E-state index contributed by atoms with van der Waals surface area (Å²) in [6, 6.07) is 15.5. The average molecular weight is 277 g/mol. The molecule has 4 rings (SSSR count). The fraction of sp³-hybridized carbons (Fsp3) is 0.316. The molecule has 0 N–H and O–H groups in total. The zero-order valence-electron chi connectivity index (χ0n) is 12.3. The van der Waals surface area contributed by atoms with E-state index >= 15 is 0 Å². The maximum atomic E-state index is 2.48. The Bertz CT molecular complexity index is 664. The SMILES string of the molecule is C(=C1/CC[n+]2ccccc21)/c1ccc(N2CCCC2)cc1. The van der Waals surface area contributed by atoms with Crippen molar-refractivity contribution in [2.45, 2.75) is 25.8 Å². The van der Waals surface area contributed by atoms with Crippen molar-refractivity contribution in [2.75, 3.05) is 18.0 Å². The molecular formula is C19H21N2+. The van der Waals surface area contributed by atoms with Crippen LogP contribution in [0.25, 0.3) is 11.6 Å². The van der Waals surface area contributed by atoms with Gasteiger partial charge in [0.15, 0.2) is 12.7 Å². The van der Waals surface area contributed by atoms with Crippen LogP contribution >= 0.6 is 0 Å². The lowest BCUT2D eigenvalue weighted by molar-refractivity contribution is -0.689. The minimum Gasteiger partial charge on any atom is -0.372 e. The highest BCUT2D eigenvalue weighted by molar-refractivity contribution is 5.79. The molecule has 1 aromatic carbocycles. The minimum absolute atomic E-state index is 1.11. The molecule has 1 fully saturated rings. The van der Waals surface area contributed by atoms with Gasteiger partial charge >= 0.3 is 0 Å². The summed E-state index contributed by atoms with van der Waals surface area (Å²) in [7, 11) is 0. The summed E-state index contributed by atoms with van der Waals surface area (Å²) in [4.78, 5) is 2.48. The predicted octanol–water partition coefficient (Wildman–Crippen LogP) is 3.52. The summed E-state index contributed by atoms with van der Waals surface area (Å²) in [5, 5.41) is 0. The Morgan fingerprint density at radius 3 is 2.57 bits per heavy atom. The van der Waals surface area contributed by atoms with Crippen LogP contribution in [0.3, 0.4) is 0 Å². The van der Waals surface area contributed by atoms with Crippen molar-refractivity contribution < 1.29 is 4.57 Å². The molecule has 0 bridgehead atoms. The Morgan fingerprint density at radius 2 is 1.76 bits per heavy atom. The number of fused-ring (bicyclic) bond motifs is 1. The minimum atomic E-state index is 1.11. The second kappa shape index (κ2) is 5.36. The number of rotatable bonds is 2. The molecule has 0 radical (unpaired) electrons. The normalized spacial score (nSPS) is 19.2. The highest BCUT2D eigenvalue weighted by Gasteiger charge is 2.22. The summed E-state index contributed by atoms with van der Waals surface area (Å²) < 4.78 is 2.34. The predicted molar refractivity (Wildman–Crippen MR) is 87.0 cm³/mol. The highest BCUT2D eigenvalue weighted by Crippen LogP contribution is 2.25. The van der Waals surface area contributed by atoms with Gasteiger partial charge in [0.25, 0.3) is 0 Å². The average Bonchev–Trinajstić information content (AvgIpc) is 3.19. The fourth-order valence-corrected chi connectivity index (χ4v) is 3.44. The molecule has 3 heterocycles. The number of pyridine rings is 1. The van der Waals surface area contributed by atoms with Crippen LogP contribution in [0, 0.1) is 0 Å². The Labute approximate surface area is 126 Å². The maximum Gasteiger partial charge on any atom is 0.208 e. The quantitative estimate of drug-likeness (QED) is 0.762. The van der Waals surface area contributed by atoms with Crippen LogP contribution in [-0.2, 0) is 6.54 Å². The standard InChI is InChI=1S/C19H21N2/c1-2-13-21-14-10-17(19(21)5-1)15-16-6-8-18(9-7-16)20-11-3-4-12-20/h1-2,5-9,13,15H,3-4,10-12,14H2/q+1. The fourth-order valence-electron chi connectivity index (χ4n) is 3.44. The molecule has 0 atom stereocenters. The Hall–Kier alpha value is -2.09. The van der Waals surface area contributed by atoms with E-state index in [1.165, 1.54) is 48.4 Å². The van der Waals surface area contributed by atoms with Gasteiger partial charge in [0.2, 0.25) is 5.69 Å². The van der Waals surface area contributed by atoms with E-state index in [0.717, 1.165) is 13.0 Å². The first-order chi connectivity index (χ1) is 10.4. The summed E-state index contributed by atoms with van der Waals surface area (Å²) >= 11 is 0. The van der Waals surface area contributed by atoms with Crippen molar-refractivity contribution in [2.24, 2.45) is 0 Å². The number of benzene rings is 1. The first-order valence-corrected chi connectivity index (χ1v) is 7.95. The lowest BCUT2D eigenvalue weighted by Crippen LogP contribution is -2.31. The van der Waals surface area contributed by atoms with E-state index in [0.29, 0.717) is 0 Å². The molecule has 0 saturated carbocycles. The lowest BCUT2D eigenvalue weighted by atomic mass is 10.1. The van der Waals surface area contributed by atoms with Gasteiger partial charge in [-0.3, -0.25) is 0 Å². The summed E-state index contributed by atoms with van der Waals surface area (Å²) in [5.74, 6) is 0. The molecule has 0 spiro atoms. The molecule has 2 aliphatic rings. The van der Waals surface area contributed by atoms with Gasteiger partial charge in [0.1, 0.15) is 0 Å². The first-order valence-electron chi connectivity index (χ1n) is 7.95. The van der Waals surface area contributed by atoms with Crippen LogP contribution in [0.2, 0.25) is 0 Å². The number of nitrogens with zero attached hydrogens (tertiary/aromatic N) is 2. The largest absolute Gasteiger partial charge is 0.372 e. The van der Waals surface area contributed by atoms with E-state index in [2.05, 4.69) is 64.2 Å². The van der Waals surface area contributed by atoms with Gasteiger partial charge in [-0.25, -0.2) is 0 Å². The van der Waals surface area contributed by atoms with E-state index in [4.69, 9.17) is 0 Å². The number of aryl methyl sites for hydroxylation is 1. The van der Waals surface area contributed by atoms with Gasteiger partial charge in [0, 0.05) is 42.9 Å². The van der Waals surface area contributed by atoms with Crippen molar-refractivity contribution in [3.63, 3.8) is 0 Å². The van der Waals surface area contributed by atoms with Gasteiger partial charge < -0.3 is 4.90 Å². The van der Waals surface area contributed by atoms with Crippen LogP contribution in [0.15, 0.2) is 48.7 Å². The number of anilines is 1. The van der Waals surface area contributed by atoms with E-state index < -0.39 is 0 Å². The Balaban J connectivity index is 1.59. The lowest BCUT2D eigenvalue weighted by Gasteiger charge is -2.17. The van der Waals surface area contributed by atoms with Crippen LogP contribution in [0.4, 0.5) is 5.69 Å². The van der Waals surface area contributed by atoms with Gasteiger partial charge in [-0.1, -0.05) is 12.1 Å². The van der Waals surface area contributed by atoms with Crippen LogP contribution in [0.1, 0.15) is 30.5 Å². The third kappa shape index (κ3) is 2.46. The topological polar surface area (TPSA) is 7.12 Å². The van der Waals surface area contributed by atoms with Gasteiger partial charge in [-0.05, 0) is 42.7 Å². The smallest absolute Gasteiger partial charge is 0.208 e. The Kier molecular flexibility index (Phi) is 3.23. The van der Waals surface area contributed by atoms with Crippen LogP contribution in [0.5, 0.6) is 0 Å². The maximum absolute atomic E-state index is 2.48. The zero-order chi connectivity index (χ0) is 14.1. The second-order valence-corrected chi connectivity index (χ2v) is 5.98. The van der Waals surface area contributed by atoms with Crippen molar-refractivity contribution in [1.82, 2.24) is 0 Å². The molecule has 106 valence electrons. The monoisotopic (exact) mass is 277 g/mol. The molecule has 1 aromatic heterocycles. The second-order valence-electron chi connectivity index (χ2n) is 5.98. The van der Waals surface area contributed by atoms with Gasteiger partial charge in [-0.15, -0.1) is 0 Å². The molecule has 1 saturated heterocycles. The first kappa shape index (κ1) is 12.6.